The van der Waals surface area contributed by atoms with Gasteiger partial charge < -0.3 is 14.8 Å². The minimum absolute atomic E-state index is 0.146. The van der Waals surface area contributed by atoms with Crippen molar-refractivity contribution < 1.29 is 4.52 Å². The Balaban J connectivity index is 2.00. The Kier molecular flexibility index (Phi) is 3.01. The summed E-state index contributed by atoms with van der Waals surface area (Å²) in [5.41, 5.74) is 11.5. The van der Waals surface area contributed by atoms with E-state index in [1.165, 1.54) is 17.0 Å². The average Bonchev–Trinajstić information content (AvgIpc) is 2.86. The normalized spacial score (nSPS) is 20.9. The Morgan fingerprint density at radius 1 is 1.40 bits per heavy atom. The number of hydrogen-bond donors (Lipinski definition) is 1. The Labute approximate surface area is 119 Å². The molecular weight excluding hydrogens is 250 g/mol. The van der Waals surface area contributed by atoms with Gasteiger partial charge in [-0.05, 0) is 43.7 Å². The first-order valence-electron chi connectivity index (χ1n) is 7.22. The maximum Gasteiger partial charge on any atom is 0.133 e. The minimum atomic E-state index is 0.146. The molecule has 4 nitrogen and oxygen atoms in total. The SMILES string of the molecule is Cc1cc(Cn2c(C)cc3c2CC(C)(C)CC3N)no1. The van der Waals surface area contributed by atoms with Crippen LogP contribution in [0.15, 0.2) is 16.7 Å². The standard InChI is InChI=1S/C16H23N3O/c1-10-5-13-14(17)7-16(3,4)8-15(13)19(10)9-12-6-11(2)20-18-12/h5-6,14H,7-9,17H2,1-4H3. The molecule has 1 atom stereocenters. The van der Waals surface area contributed by atoms with Crippen LogP contribution in [0.1, 0.15) is 54.7 Å². The summed E-state index contributed by atoms with van der Waals surface area (Å²) in [6, 6.07) is 4.38. The first-order valence-corrected chi connectivity index (χ1v) is 7.22. The van der Waals surface area contributed by atoms with Gasteiger partial charge in [-0.1, -0.05) is 19.0 Å². The number of nitrogens with two attached hydrogens (primary N) is 1. The van der Waals surface area contributed by atoms with Crippen molar-refractivity contribution in [1.82, 2.24) is 9.72 Å². The molecule has 1 aliphatic rings. The Morgan fingerprint density at radius 2 is 2.15 bits per heavy atom. The number of nitrogens with zero attached hydrogens (tertiary/aromatic N) is 2. The second-order valence-corrected chi connectivity index (χ2v) is 6.85. The molecule has 0 bridgehead atoms. The highest BCUT2D eigenvalue weighted by Gasteiger charge is 2.33. The van der Waals surface area contributed by atoms with Crippen molar-refractivity contribution in [3.63, 3.8) is 0 Å². The summed E-state index contributed by atoms with van der Waals surface area (Å²) in [5.74, 6) is 0.857. The van der Waals surface area contributed by atoms with Gasteiger partial charge in [0.2, 0.25) is 0 Å². The third-order valence-corrected chi connectivity index (χ3v) is 4.26. The van der Waals surface area contributed by atoms with Gasteiger partial charge >= 0.3 is 0 Å². The van der Waals surface area contributed by atoms with E-state index in [1.807, 2.05) is 13.0 Å². The molecule has 0 saturated heterocycles. The van der Waals surface area contributed by atoms with E-state index in [0.29, 0.717) is 0 Å². The summed E-state index contributed by atoms with van der Waals surface area (Å²) in [4.78, 5) is 0. The van der Waals surface area contributed by atoms with Gasteiger partial charge in [-0.15, -0.1) is 0 Å². The number of rotatable bonds is 2. The molecule has 0 aromatic carbocycles. The predicted octanol–water partition coefficient (Wildman–Crippen LogP) is 3.11. The molecule has 1 unspecified atom stereocenters. The van der Waals surface area contributed by atoms with Crippen molar-refractivity contribution in [1.29, 1.82) is 0 Å². The van der Waals surface area contributed by atoms with E-state index >= 15 is 0 Å². The average molecular weight is 273 g/mol. The molecular formula is C16H23N3O. The van der Waals surface area contributed by atoms with Crippen LogP contribution in [0.25, 0.3) is 0 Å². The summed E-state index contributed by atoms with van der Waals surface area (Å²) in [6.45, 7) is 9.42. The molecule has 20 heavy (non-hydrogen) atoms. The van der Waals surface area contributed by atoms with Crippen LogP contribution in [0.4, 0.5) is 0 Å². The summed E-state index contributed by atoms with van der Waals surface area (Å²) in [5, 5.41) is 4.11. The van der Waals surface area contributed by atoms with Gasteiger partial charge in [0.05, 0.1) is 6.54 Å². The molecule has 0 spiro atoms. The molecule has 0 aliphatic heterocycles. The first-order chi connectivity index (χ1) is 9.35. The fourth-order valence-corrected chi connectivity index (χ4v) is 3.38. The van der Waals surface area contributed by atoms with Crippen LogP contribution in [0.5, 0.6) is 0 Å². The lowest BCUT2D eigenvalue weighted by Gasteiger charge is -2.34. The van der Waals surface area contributed by atoms with Gasteiger partial charge in [-0.25, -0.2) is 0 Å². The van der Waals surface area contributed by atoms with Crippen LogP contribution in [0.3, 0.4) is 0 Å². The summed E-state index contributed by atoms with van der Waals surface area (Å²) >= 11 is 0. The second-order valence-electron chi connectivity index (χ2n) is 6.85. The van der Waals surface area contributed by atoms with Crippen molar-refractivity contribution in [2.75, 3.05) is 0 Å². The molecule has 0 saturated carbocycles. The molecule has 0 fully saturated rings. The van der Waals surface area contributed by atoms with Gasteiger partial charge in [0.25, 0.3) is 0 Å². The fraction of sp³-hybridized carbons (Fsp3) is 0.562. The van der Waals surface area contributed by atoms with Crippen LogP contribution in [0, 0.1) is 19.3 Å². The molecule has 108 valence electrons. The van der Waals surface area contributed by atoms with Crippen molar-refractivity contribution in [2.24, 2.45) is 11.1 Å². The molecule has 4 heteroatoms. The van der Waals surface area contributed by atoms with Crippen molar-refractivity contribution in [2.45, 2.75) is 53.1 Å². The van der Waals surface area contributed by atoms with E-state index in [9.17, 15) is 0 Å². The van der Waals surface area contributed by atoms with Crippen molar-refractivity contribution >= 4 is 0 Å². The van der Waals surface area contributed by atoms with E-state index in [4.69, 9.17) is 10.3 Å². The number of aromatic nitrogens is 2. The third-order valence-electron chi connectivity index (χ3n) is 4.26. The minimum Gasteiger partial charge on any atom is -0.361 e. The van der Waals surface area contributed by atoms with Crippen LogP contribution in [-0.4, -0.2) is 9.72 Å². The van der Waals surface area contributed by atoms with Gasteiger partial charge in [0.15, 0.2) is 0 Å². The van der Waals surface area contributed by atoms with Gasteiger partial charge in [-0.2, -0.15) is 0 Å². The number of fused-ring (bicyclic) bond motifs is 1. The molecule has 0 amide bonds. The van der Waals surface area contributed by atoms with E-state index in [0.717, 1.165) is 30.8 Å². The van der Waals surface area contributed by atoms with Gasteiger partial charge in [-0.3, -0.25) is 0 Å². The van der Waals surface area contributed by atoms with Crippen molar-refractivity contribution in [3.05, 3.63) is 40.5 Å². The van der Waals surface area contributed by atoms with Crippen molar-refractivity contribution in [3.8, 4) is 0 Å². The topological polar surface area (TPSA) is 57.0 Å². The third kappa shape index (κ3) is 2.29. The first kappa shape index (κ1) is 13.4. The van der Waals surface area contributed by atoms with Crippen LogP contribution in [0.2, 0.25) is 0 Å². The van der Waals surface area contributed by atoms with Crippen LogP contribution >= 0.6 is 0 Å². The number of aryl methyl sites for hydroxylation is 2. The quantitative estimate of drug-likeness (QED) is 0.914. The summed E-state index contributed by atoms with van der Waals surface area (Å²) in [7, 11) is 0. The smallest absolute Gasteiger partial charge is 0.133 e. The number of hydrogen-bond acceptors (Lipinski definition) is 3. The van der Waals surface area contributed by atoms with Gasteiger partial charge in [0.1, 0.15) is 11.5 Å². The maximum atomic E-state index is 6.35. The second kappa shape index (κ2) is 4.48. The molecule has 0 radical (unpaired) electrons. The monoisotopic (exact) mass is 273 g/mol. The molecule has 2 N–H and O–H groups in total. The van der Waals surface area contributed by atoms with Crippen LogP contribution < -0.4 is 5.73 Å². The molecule has 2 aromatic heterocycles. The Morgan fingerprint density at radius 3 is 2.80 bits per heavy atom. The van der Waals surface area contributed by atoms with Crippen LogP contribution in [-0.2, 0) is 13.0 Å². The highest BCUT2D eigenvalue weighted by atomic mass is 16.5. The van der Waals surface area contributed by atoms with Gasteiger partial charge in [0, 0.05) is 23.5 Å². The fourth-order valence-electron chi connectivity index (χ4n) is 3.38. The molecule has 2 aromatic rings. The lowest BCUT2D eigenvalue weighted by molar-refractivity contribution is 0.275. The Hall–Kier alpha value is -1.55. The zero-order valence-electron chi connectivity index (χ0n) is 12.7. The zero-order valence-corrected chi connectivity index (χ0v) is 12.7. The lowest BCUT2D eigenvalue weighted by Crippen LogP contribution is -2.30. The molecule has 2 heterocycles. The highest BCUT2D eigenvalue weighted by Crippen LogP contribution is 2.41. The predicted molar refractivity (Wildman–Crippen MR) is 78.5 cm³/mol. The summed E-state index contributed by atoms with van der Waals surface area (Å²) < 4.78 is 7.51. The largest absolute Gasteiger partial charge is 0.361 e. The summed E-state index contributed by atoms with van der Waals surface area (Å²) in [6.07, 6.45) is 2.12. The maximum absolute atomic E-state index is 6.35. The Bertz CT molecular complexity index is 636. The molecule has 3 rings (SSSR count). The van der Waals surface area contributed by atoms with E-state index < -0.39 is 0 Å². The zero-order chi connectivity index (χ0) is 14.5. The lowest BCUT2D eigenvalue weighted by atomic mass is 9.74. The molecule has 1 aliphatic carbocycles. The van der Waals surface area contributed by atoms with E-state index in [1.54, 1.807) is 0 Å². The van der Waals surface area contributed by atoms with E-state index in [-0.39, 0.29) is 11.5 Å². The van der Waals surface area contributed by atoms with E-state index in [2.05, 4.69) is 36.6 Å². The highest BCUT2D eigenvalue weighted by molar-refractivity contribution is 5.34.